The van der Waals surface area contributed by atoms with Gasteiger partial charge in [-0.05, 0) is 55.9 Å². The molecule has 0 spiro atoms. The predicted octanol–water partition coefficient (Wildman–Crippen LogP) is 12.2. The smallest absolute Gasteiger partial charge is 0.0545 e. The molecule has 0 amide bonds. The molecule has 0 bridgehead atoms. The number of nitrogens with one attached hydrogen (secondary N) is 2. The number of benzene rings is 8. The summed E-state index contributed by atoms with van der Waals surface area (Å²) in [6, 6.07) is 57.0. The largest absolute Gasteiger partial charge is 0.353 e. The average Bonchev–Trinajstić information content (AvgIpc) is 3.71. The molecule has 0 aliphatic carbocycles. The number of aromatic nitrogens is 2. The standard InChI is InChI=1S/C44H28N2/c1-5-13-27(14-6-1)39-35-25-31-21-24-34-38-32(22-23-33(37(31)38)43(35)45-41(39)29-17-9-3-10-18-29)26-36-40(28-15-7-2-8-16-28)42(46-44(34)36)30-19-11-4-12-20-30/h1-26,45-46H. The highest BCUT2D eigenvalue weighted by Gasteiger charge is 2.22. The summed E-state index contributed by atoms with van der Waals surface area (Å²) in [4.78, 5) is 7.84. The Hall–Kier alpha value is -6.12. The van der Waals surface area contributed by atoms with Crippen LogP contribution in [-0.2, 0) is 0 Å². The van der Waals surface area contributed by atoms with Gasteiger partial charge in [-0.3, -0.25) is 0 Å². The van der Waals surface area contributed by atoms with Gasteiger partial charge in [-0.25, -0.2) is 0 Å². The van der Waals surface area contributed by atoms with Gasteiger partial charge in [0.1, 0.15) is 0 Å². The summed E-state index contributed by atoms with van der Waals surface area (Å²) in [5.74, 6) is 0. The average molecular weight is 585 g/mol. The van der Waals surface area contributed by atoms with Crippen LogP contribution in [0.4, 0.5) is 0 Å². The lowest BCUT2D eigenvalue weighted by Crippen LogP contribution is -1.87. The van der Waals surface area contributed by atoms with E-state index in [2.05, 4.69) is 168 Å². The van der Waals surface area contributed by atoms with Crippen molar-refractivity contribution in [2.75, 3.05) is 0 Å². The molecule has 0 saturated carbocycles. The maximum atomic E-state index is 3.92. The maximum Gasteiger partial charge on any atom is 0.0545 e. The molecule has 0 saturated heterocycles. The first kappa shape index (κ1) is 25.2. The molecular formula is C44H28N2. The summed E-state index contributed by atoms with van der Waals surface area (Å²) in [7, 11) is 0. The summed E-state index contributed by atoms with van der Waals surface area (Å²) in [6.07, 6.45) is 0. The lowest BCUT2D eigenvalue weighted by Gasteiger charge is -2.13. The van der Waals surface area contributed by atoms with Crippen LogP contribution >= 0.6 is 0 Å². The maximum absolute atomic E-state index is 3.92. The SMILES string of the molecule is c1ccc(-c2[nH]c3c(cc4ccc5c6[nH]c(-c7ccccc7)c(-c7ccccc7)c6cc6ccc3c4c65)c2-c2ccccc2)cc1. The van der Waals surface area contributed by atoms with Crippen LogP contribution in [0.1, 0.15) is 0 Å². The number of H-pyrrole nitrogens is 2. The third-order valence-electron chi connectivity index (χ3n) is 9.69. The Labute approximate surface area is 265 Å². The van der Waals surface area contributed by atoms with Crippen LogP contribution in [0.5, 0.6) is 0 Å². The summed E-state index contributed by atoms with van der Waals surface area (Å²) >= 11 is 0. The van der Waals surface area contributed by atoms with Crippen molar-refractivity contribution in [3.63, 3.8) is 0 Å². The zero-order chi connectivity index (χ0) is 30.2. The van der Waals surface area contributed by atoms with Gasteiger partial charge in [0.25, 0.3) is 0 Å². The minimum absolute atomic E-state index is 1.16. The number of fused-ring (bicyclic) bond motifs is 4. The first-order valence-corrected chi connectivity index (χ1v) is 15.9. The molecule has 0 fully saturated rings. The molecular weight excluding hydrogens is 556 g/mol. The van der Waals surface area contributed by atoms with Gasteiger partial charge in [0.15, 0.2) is 0 Å². The molecule has 2 nitrogen and oxygen atoms in total. The van der Waals surface area contributed by atoms with Gasteiger partial charge in [0.2, 0.25) is 0 Å². The molecule has 214 valence electrons. The van der Waals surface area contributed by atoms with E-state index < -0.39 is 0 Å². The van der Waals surface area contributed by atoms with Crippen molar-refractivity contribution in [2.24, 2.45) is 0 Å². The van der Waals surface area contributed by atoms with E-state index in [0.29, 0.717) is 0 Å². The van der Waals surface area contributed by atoms with Crippen LogP contribution in [-0.4, -0.2) is 9.97 Å². The summed E-state index contributed by atoms with van der Waals surface area (Å²) < 4.78 is 0. The van der Waals surface area contributed by atoms with Crippen molar-refractivity contribution < 1.29 is 0 Å². The highest BCUT2D eigenvalue weighted by molar-refractivity contribution is 6.34. The van der Waals surface area contributed by atoms with E-state index in [4.69, 9.17) is 0 Å². The molecule has 8 aromatic carbocycles. The minimum Gasteiger partial charge on any atom is -0.353 e. The van der Waals surface area contributed by atoms with Gasteiger partial charge in [-0.1, -0.05) is 146 Å². The number of aromatic amines is 2. The molecule has 10 aromatic rings. The van der Waals surface area contributed by atoms with E-state index in [1.807, 2.05) is 0 Å². The molecule has 46 heavy (non-hydrogen) atoms. The van der Waals surface area contributed by atoms with Gasteiger partial charge in [-0.2, -0.15) is 0 Å². The van der Waals surface area contributed by atoms with E-state index in [0.717, 1.165) is 11.4 Å². The normalized spacial score (nSPS) is 11.9. The Bertz CT molecular complexity index is 2510. The highest BCUT2D eigenvalue weighted by Crippen LogP contribution is 2.48. The van der Waals surface area contributed by atoms with Crippen LogP contribution in [0, 0.1) is 0 Å². The molecule has 2 N–H and O–H groups in total. The number of hydrogen-bond donors (Lipinski definition) is 2. The van der Waals surface area contributed by atoms with Crippen molar-refractivity contribution in [1.82, 2.24) is 9.97 Å². The van der Waals surface area contributed by atoms with E-state index in [1.165, 1.54) is 87.5 Å². The van der Waals surface area contributed by atoms with E-state index in [9.17, 15) is 0 Å². The first-order chi connectivity index (χ1) is 22.8. The quantitative estimate of drug-likeness (QED) is 0.193. The molecule has 2 heterocycles. The Morgan fingerprint density at radius 3 is 1.02 bits per heavy atom. The van der Waals surface area contributed by atoms with E-state index in [-0.39, 0.29) is 0 Å². The molecule has 0 radical (unpaired) electrons. The molecule has 0 aliphatic rings. The van der Waals surface area contributed by atoms with Crippen LogP contribution in [0.15, 0.2) is 158 Å². The fourth-order valence-electron chi connectivity index (χ4n) is 7.71. The van der Waals surface area contributed by atoms with Crippen LogP contribution in [0.2, 0.25) is 0 Å². The van der Waals surface area contributed by atoms with Gasteiger partial charge < -0.3 is 9.97 Å². The second-order valence-corrected chi connectivity index (χ2v) is 12.2. The Morgan fingerprint density at radius 1 is 0.304 bits per heavy atom. The highest BCUT2D eigenvalue weighted by atomic mass is 14.7. The fourth-order valence-corrected chi connectivity index (χ4v) is 7.71. The molecule has 0 atom stereocenters. The fraction of sp³-hybridized carbons (Fsp3) is 0. The molecule has 0 aliphatic heterocycles. The third kappa shape index (κ3) is 3.59. The monoisotopic (exact) mass is 584 g/mol. The molecule has 10 rings (SSSR count). The van der Waals surface area contributed by atoms with Crippen LogP contribution in [0.25, 0.3) is 98.9 Å². The topological polar surface area (TPSA) is 31.6 Å². The molecule has 2 heteroatoms. The van der Waals surface area contributed by atoms with Crippen LogP contribution in [0.3, 0.4) is 0 Å². The van der Waals surface area contributed by atoms with Crippen molar-refractivity contribution in [3.8, 4) is 44.8 Å². The second kappa shape index (κ2) is 9.69. The van der Waals surface area contributed by atoms with Gasteiger partial charge >= 0.3 is 0 Å². The van der Waals surface area contributed by atoms with E-state index >= 15 is 0 Å². The zero-order valence-corrected chi connectivity index (χ0v) is 25.0. The lowest BCUT2D eigenvalue weighted by molar-refractivity contribution is 1.46. The second-order valence-electron chi connectivity index (χ2n) is 12.2. The number of rotatable bonds is 4. The Morgan fingerprint density at radius 2 is 0.652 bits per heavy atom. The molecule has 0 unspecified atom stereocenters. The Kier molecular flexibility index (Phi) is 5.31. The van der Waals surface area contributed by atoms with Crippen molar-refractivity contribution in [2.45, 2.75) is 0 Å². The third-order valence-corrected chi connectivity index (χ3v) is 9.69. The summed E-state index contributed by atoms with van der Waals surface area (Å²) in [5.41, 5.74) is 12.0. The predicted molar refractivity (Wildman–Crippen MR) is 196 cm³/mol. The number of hydrogen-bond acceptors (Lipinski definition) is 0. The lowest BCUT2D eigenvalue weighted by atomic mass is 9.89. The van der Waals surface area contributed by atoms with Gasteiger partial charge in [0, 0.05) is 32.7 Å². The Balaban J connectivity index is 1.33. The van der Waals surface area contributed by atoms with Crippen molar-refractivity contribution in [3.05, 3.63) is 158 Å². The van der Waals surface area contributed by atoms with Gasteiger partial charge in [0.05, 0.1) is 22.4 Å². The molecule has 2 aromatic heterocycles. The summed E-state index contributed by atoms with van der Waals surface area (Å²) in [6.45, 7) is 0. The van der Waals surface area contributed by atoms with Crippen molar-refractivity contribution >= 4 is 54.1 Å². The zero-order valence-electron chi connectivity index (χ0n) is 25.0. The van der Waals surface area contributed by atoms with E-state index in [1.54, 1.807) is 0 Å². The summed E-state index contributed by atoms with van der Waals surface area (Å²) in [5, 5.41) is 10.1. The minimum atomic E-state index is 1.16. The first-order valence-electron chi connectivity index (χ1n) is 15.9. The van der Waals surface area contributed by atoms with Crippen LogP contribution < -0.4 is 0 Å². The van der Waals surface area contributed by atoms with Gasteiger partial charge in [-0.15, -0.1) is 0 Å². The van der Waals surface area contributed by atoms with Crippen molar-refractivity contribution in [1.29, 1.82) is 0 Å².